The lowest BCUT2D eigenvalue weighted by atomic mass is 9.95. The van der Waals surface area contributed by atoms with Crippen molar-refractivity contribution in [1.82, 2.24) is 9.29 Å². The molecule has 3 heterocycles. The van der Waals surface area contributed by atoms with Gasteiger partial charge in [-0.3, -0.25) is 0 Å². The van der Waals surface area contributed by atoms with Gasteiger partial charge in [0.05, 0.1) is 16.2 Å². The van der Waals surface area contributed by atoms with Gasteiger partial charge in [-0.05, 0) is 67.1 Å². The standard InChI is InChI=1S/C18H28BrN3O3S/c1-12(2)15-8-10-22(15)26(23,24)17-14(19)5-6-16(21-17)20-11-13-7-9-18(3,4)25-13/h5-6,12-13,15H,7-11H2,1-4H3,(H,20,21). The summed E-state index contributed by atoms with van der Waals surface area (Å²) in [5, 5.41) is 3.32. The zero-order chi connectivity index (χ0) is 19.1. The average molecular weight is 446 g/mol. The van der Waals surface area contributed by atoms with E-state index in [2.05, 4.69) is 53.9 Å². The second kappa shape index (κ2) is 7.37. The molecule has 2 aliphatic heterocycles. The predicted octanol–water partition coefficient (Wildman–Crippen LogP) is 3.63. The molecule has 6 nitrogen and oxygen atoms in total. The number of aromatic nitrogens is 1. The Morgan fingerprint density at radius 2 is 2.12 bits per heavy atom. The van der Waals surface area contributed by atoms with Crippen LogP contribution in [0.25, 0.3) is 0 Å². The molecule has 2 saturated heterocycles. The lowest BCUT2D eigenvalue weighted by Gasteiger charge is -2.41. The van der Waals surface area contributed by atoms with Crippen molar-refractivity contribution in [3.8, 4) is 0 Å². The molecule has 2 unspecified atom stereocenters. The van der Waals surface area contributed by atoms with Gasteiger partial charge in [-0.1, -0.05) is 13.8 Å². The molecular formula is C18H28BrN3O3S. The van der Waals surface area contributed by atoms with E-state index in [-0.39, 0.29) is 22.8 Å². The van der Waals surface area contributed by atoms with E-state index >= 15 is 0 Å². The molecule has 2 atom stereocenters. The SMILES string of the molecule is CC(C)C1CCN1S(=O)(=O)c1nc(NCC2CCC(C)(C)O2)ccc1Br. The van der Waals surface area contributed by atoms with E-state index < -0.39 is 10.0 Å². The molecule has 0 amide bonds. The number of sulfonamides is 1. The number of rotatable bonds is 6. The monoisotopic (exact) mass is 445 g/mol. The zero-order valence-corrected chi connectivity index (χ0v) is 18.2. The summed E-state index contributed by atoms with van der Waals surface area (Å²) in [4.78, 5) is 4.39. The maximum absolute atomic E-state index is 13.0. The minimum atomic E-state index is -3.60. The molecule has 0 bridgehead atoms. The highest BCUT2D eigenvalue weighted by atomic mass is 79.9. The normalized spacial score (nSPS) is 26.1. The van der Waals surface area contributed by atoms with E-state index in [1.807, 2.05) is 0 Å². The Morgan fingerprint density at radius 3 is 2.65 bits per heavy atom. The highest BCUT2D eigenvalue weighted by Gasteiger charge is 2.41. The second-order valence-corrected chi connectivity index (χ2v) is 10.8. The van der Waals surface area contributed by atoms with Gasteiger partial charge in [-0.15, -0.1) is 0 Å². The van der Waals surface area contributed by atoms with Gasteiger partial charge in [0.15, 0.2) is 5.03 Å². The highest BCUT2D eigenvalue weighted by Crippen LogP contribution is 2.34. The van der Waals surface area contributed by atoms with E-state index in [9.17, 15) is 8.42 Å². The summed E-state index contributed by atoms with van der Waals surface area (Å²) in [5.74, 6) is 0.850. The van der Waals surface area contributed by atoms with E-state index in [0.717, 1.165) is 19.3 Å². The smallest absolute Gasteiger partial charge is 0.262 e. The van der Waals surface area contributed by atoms with Gasteiger partial charge in [-0.25, -0.2) is 13.4 Å². The minimum Gasteiger partial charge on any atom is -0.371 e. The van der Waals surface area contributed by atoms with E-state index in [1.165, 1.54) is 0 Å². The van der Waals surface area contributed by atoms with E-state index in [0.29, 0.717) is 29.3 Å². The quantitative estimate of drug-likeness (QED) is 0.723. The first kappa shape index (κ1) is 20.0. The summed E-state index contributed by atoms with van der Waals surface area (Å²) in [6.07, 6.45) is 3.04. The van der Waals surface area contributed by atoms with Crippen molar-refractivity contribution >= 4 is 31.8 Å². The van der Waals surface area contributed by atoms with Crippen LogP contribution in [0.1, 0.15) is 47.0 Å². The number of pyridine rings is 1. The van der Waals surface area contributed by atoms with Crippen LogP contribution in [-0.2, 0) is 14.8 Å². The Labute approximate surface area is 164 Å². The van der Waals surface area contributed by atoms with Crippen LogP contribution in [0.5, 0.6) is 0 Å². The third-order valence-electron chi connectivity index (χ3n) is 5.22. The van der Waals surface area contributed by atoms with Crippen LogP contribution in [-0.4, -0.2) is 48.5 Å². The maximum atomic E-state index is 13.0. The first-order chi connectivity index (χ1) is 12.1. The molecule has 26 heavy (non-hydrogen) atoms. The molecule has 2 fully saturated rings. The van der Waals surface area contributed by atoms with Crippen LogP contribution >= 0.6 is 15.9 Å². The molecule has 2 aliphatic rings. The molecule has 0 spiro atoms. The van der Waals surface area contributed by atoms with Gasteiger partial charge < -0.3 is 10.1 Å². The largest absolute Gasteiger partial charge is 0.371 e. The third-order valence-corrected chi connectivity index (χ3v) is 7.99. The fraction of sp³-hybridized carbons (Fsp3) is 0.722. The van der Waals surface area contributed by atoms with Crippen molar-refractivity contribution in [2.75, 3.05) is 18.4 Å². The van der Waals surface area contributed by atoms with Gasteiger partial charge >= 0.3 is 0 Å². The van der Waals surface area contributed by atoms with Gasteiger partial charge in [0.1, 0.15) is 5.82 Å². The number of halogens is 1. The Balaban J connectivity index is 1.73. The fourth-order valence-corrected chi connectivity index (χ4v) is 6.24. The summed E-state index contributed by atoms with van der Waals surface area (Å²) >= 11 is 3.36. The Morgan fingerprint density at radius 1 is 1.38 bits per heavy atom. The highest BCUT2D eigenvalue weighted by molar-refractivity contribution is 9.10. The van der Waals surface area contributed by atoms with Crippen LogP contribution in [0, 0.1) is 5.92 Å². The van der Waals surface area contributed by atoms with Crippen LogP contribution in [0.15, 0.2) is 21.6 Å². The van der Waals surface area contributed by atoms with Gasteiger partial charge in [-0.2, -0.15) is 4.31 Å². The molecule has 146 valence electrons. The van der Waals surface area contributed by atoms with Crippen molar-refractivity contribution in [3.63, 3.8) is 0 Å². The van der Waals surface area contributed by atoms with Crippen molar-refractivity contribution in [2.24, 2.45) is 5.92 Å². The summed E-state index contributed by atoms with van der Waals surface area (Å²) in [5.41, 5.74) is -0.0860. The van der Waals surface area contributed by atoms with Crippen LogP contribution in [0.4, 0.5) is 5.82 Å². The lowest BCUT2D eigenvalue weighted by Crippen LogP contribution is -2.53. The van der Waals surface area contributed by atoms with Crippen molar-refractivity contribution in [3.05, 3.63) is 16.6 Å². The Bertz CT molecular complexity index is 767. The molecule has 0 radical (unpaired) electrons. The summed E-state index contributed by atoms with van der Waals surface area (Å²) < 4.78 is 34.1. The lowest BCUT2D eigenvalue weighted by molar-refractivity contribution is -0.00914. The molecule has 0 saturated carbocycles. The summed E-state index contributed by atoms with van der Waals surface area (Å²) in [7, 11) is -3.60. The summed E-state index contributed by atoms with van der Waals surface area (Å²) in [6.45, 7) is 9.46. The minimum absolute atomic E-state index is 0.0550. The van der Waals surface area contributed by atoms with Gasteiger partial charge in [0.2, 0.25) is 0 Å². The molecule has 1 aromatic rings. The van der Waals surface area contributed by atoms with Crippen molar-refractivity contribution < 1.29 is 13.2 Å². The average Bonchev–Trinajstić information content (AvgIpc) is 2.83. The molecule has 3 rings (SSSR count). The number of anilines is 1. The first-order valence-corrected chi connectivity index (χ1v) is 11.4. The number of nitrogens with zero attached hydrogens (tertiary/aromatic N) is 2. The third kappa shape index (κ3) is 4.08. The molecule has 1 aromatic heterocycles. The number of hydrogen-bond donors (Lipinski definition) is 1. The van der Waals surface area contributed by atoms with Crippen LogP contribution in [0.3, 0.4) is 0 Å². The molecule has 0 aliphatic carbocycles. The number of nitrogens with one attached hydrogen (secondary N) is 1. The van der Waals surface area contributed by atoms with Gasteiger partial charge in [0.25, 0.3) is 10.0 Å². The Kier molecular flexibility index (Phi) is 5.68. The maximum Gasteiger partial charge on any atom is 0.262 e. The molecular weight excluding hydrogens is 418 g/mol. The number of hydrogen-bond acceptors (Lipinski definition) is 5. The van der Waals surface area contributed by atoms with Crippen molar-refractivity contribution in [1.29, 1.82) is 0 Å². The number of ether oxygens (including phenoxy) is 1. The second-order valence-electron chi connectivity index (χ2n) is 8.12. The van der Waals surface area contributed by atoms with Crippen LogP contribution < -0.4 is 5.32 Å². The topological polar surface area (TPSA) is 71.5 Å². The molecule has 8 heteroatoms. The van der Waals surface area contributed by atoms with E-state index in [4.69, 9.17) is 4.74 Å². The Hall–Kier alpha value is -0.700. The predicted molar refractivity (Wildman–Crippen MR) is 106 cm³/mol. The zero-order valence-electron chi connectivity index (χ0n) is 15.8. The van der Waals surface area contributed by atoms with Gasteiger partial charge in [0, 0.05) is 19.1 Å². The fourth-order valence-electron chi connectivity index (χ4n) is 3.60. The molecule has 1 N–H and O–H groups in total. The molecule has 0 aromatic carbocycles. The summed E-state index contributed by atoms with van der Waals surface area (Å²) in [6, 6.07) is 3.59. The van der Waals surface area contributed by atoms with Crippen molar-refractivity contribution in [2.45, 2.75) is 69.7 Å². The van der Waals surface area contributed by atoms with E-state index in [1.54, 1.807) is 16.4 Å². The first-order valence-electron chi connectivity index (χ1n) is 9.20. The van der Waals surface area contributed by atoms with Crippen LogP contribution in [0.2, 0.25) is 0 Å².